The maximum Gasteiger partial charge on any atom is 0.319 e. The van der Waals surface area contributed by atoms with Crippen LogP contribution in [0, 0.1) is 39.9 Å². The van der Waals surface area contributed by atoms with E-state index in [-0.39, 0.29) is 11.3 Å². The number of phenols is 1. The second-order valence-electron chi connectivity index (χ2n) is 16.6. The molecule has 3 aliphatic carbocycles. The summed E-state index contributed by atoms with van der Waals surface area (Å²) in [7, 11) is 0. The van der Waals surface area contributed by atoms with Crippen LogP contribution in [0.5, 0.6) is 5.75 Å². The number of phenolic OH excluding ortho intramolecular Hbond substituents is 1. The highest BCUT2D eigenvalue weighted by atomic mass is 16.3. The van der Waals surface area contributed by atoms with Gasteiger partial charge in [-0.15, -0.1) is 0 Å². The Hall–Kier alpha value is -3.59. The minimum atomic E-state index is -2.40. The molecule has 0 aliphatic heterocycles. The Bertz CT molecular complexity index is 1580. The quantitative estimate of drug-likeness (QED) is 0.118. The van der Waals surface area contributed by atoms with Crippen molar-refractivity contribution in [3.8, 4) is 5.75 Å². The van der Waals surface area contributed by atoms with Crippen LogP contribution in [0.3, 0.4) is 0 Å². The van der Waals surface area contributed by atoms with Gasteiger partial charge in [0.25, 0.3) is 0 Å². The number of nitrogens with one attached hydrogen (secondary N) is 3. The summed E-state index contributed by atoms with van der Waals surface area (Å²) < 4.78 is 0. The normalized spacial score (nSPS) is 35.9. The van der Waals surface area contributed by atoms with Crippen LogP contribution in [-0.2, 0) is 14.4 Å². The number of rotatable bonds is 6. The molecule has 1 aromatic carbocycles. The van der Waals surface area contributed by atoms with E-state index in [0.29, 0.717) is 5.56 Å². The van der Waals surface area contributed by atoms with E-state index < -0.39 is 117 Å². The maximum absolute atomic E-state index is 14.7. The number of ketones is 2. The van der Waals surface area contributed by atoms with E-state index in [0.717, 1.165) is 0 Å². The lowest BCUT2D eigenvalue weighted by Crippen LogP contribution is -2.80. The molecule has 10 atom stereocenters. The van der Waals surface area contributed by atoms with E-state index in [4.69, 9.17) is 5.73 Å². The Morgan fingerprint density at radius 3 is 2.06 bits per heavy atom. The number of urea groups is 1. The molecule has 10 N–H and O–H groups in total. The van der Waals surface area contributed by atoms with E-state index in [1.807, 2.05) is 0 Å². The molecular weight excluding hydrogens is 636 g/mol. The summed E-state index contributed by atoms with van der Waals surface area (Å²) in [4.78, 5) is 68.7. The first kappa shape index (κ1) is 38.2. The van der Waals surface area contributed by atoms with E-state index in [9.17, 15) is 49.5 Å². The van der Waals surface area contributed by atoms with Crippen molar-refractivity contribution < 1.29 is 49.5 Å². The van der Waals surface area contributed by atoms with Gasteiger partial charge in [-0.25, -0.2) is 4.79 Å². The third-order valence-electron chi connectivity index (χ3n) is 11.5. The number of aliphatic hydroxyl groups is 4. The van der Waals surface area contributed by atoms with Crippen LogP contribution in [-0.4, -0.2) is 84.5 Å². The zero-order chi connectivity index (χ0) is 37.6. The number of benzene rings is 1. The fourth-order valence-electron chi connectivity index (χ4n) is 9.54. The molecule has 14 nitrogen and oxygen atoms in total. The van der Waals surface area contributed by atoms with Gasteiger partial charge in [0.05, 0.1) is 40.9 Å². The molecule has 49 heavy (non-hydrogen) atoms. The number of aliphatic hydroxyl groups excluding tert-OH is 3. The molecule has 14 heteroatoms. The van der Waals surface area contributed by atoms with Crippen LogP contribution in [0.2, 0.25) is 0 Å². The lowest BCUT2D eigenvalue weighted by molar-refractivity contribution is -0.285. The van der Waals surface area contributed by atoms with Crippen LogP contribution >= 0.6 is 0 Å². The van der Waals surface area contributed by atoms with Crippen LogP contribution in [0.1, 0.15) is 97.5 Å². The van der Waals surface area contributed by atoms with E-state index >= 15 is 0 Å². The Labute approximate surface area is 286 Å². The van der Waals surface area contributed by atoms with Gasteiger partial charge in [0, 0.05) is 22.8 Å². The molecule has 0 aromatic heterocycles. The molecule has 2 unspecified atom stereocenters. The average molecular weight is 689 g/mol. The first-order chi connectivity index (χ1) is 22.2. The number of amides is 4. The first-order valence-electron chi connectivity index (χ1n) is 16.6. The number of carbonyl (C=O) groups is 5. The highest BCUT2D eigenvalue weighted by Gasteiger charge is 2.80. The van der Waals surface area contributed by atoms with Gasteiger partial charge < -0.3 is 47.2 Å². The summed E-state index contributed by atoms with van der Waals surface area (Å²) >= 11 is 0. The van der Waals surface area contributed by atoms with Gasteiger partial charge >= 0.3 is 6.03 Å². The van der Waals surface area contributed by atoms with Gasteiger partial charge in [-0.05, 0) is 64.0 Å². The fraction of sp³-hybridized carbons (Fsp3) is 0.686. The molecule has 2 saturated carbocycles. The second-order valence-corrected chi connectivity index (χ2v) is 16.6. The molecule has 0 bridgehead atoms. The molecule has 0 saturated heterocycles. The lowest BCUT2D eigenvalue weighted by atomic mass is 9.32. The van der Waals surface area contributed by atoms with E-state index in [1.165, 1.54) is 32.9 Å². The maximum atomic E-state index is 14.7. The van der Waals surface area contributed by atoms with Gasteiger partial charge in [0.2, 0.25) is 11.8 Å². The Balaban J connectivity index is 2.03. The number of carbonyl (C=O) groups excluding carboxylic acids is 5. The van der Waals surface area contributed by atoms with Crippen LogP contribution in [0.4, 0.5) is 10.5 Å². The number of Topliss-reactive ketones (excluding diaryl/α,β-unsaturated/α-hetero) is 2. The molecule has 4 rings (SSSR count). The van der Waals surface area contributed by atoms with Gasteiger partial charge in [-0.3, -0.25) is 19.2 Å². The van der Waals surface area contributed by atoms with Crippen molar-refractivity contribution in [2.45, 2.75) is 111 Å². The van der Waals surface area contributed by atoms with Crippen LogP contribution < -0.4 is 21.7 Å². The standard InChI is InChI=1S/C35H52N4O10/c1-14(2)21-25(43)20(28(36)46)26(44)35(13-18(40)38-32(7,8)49)27(45)22-24(42)19-16(15(3)33(22,9)29(47)34(21,35)10)11-12-17(23(19)41)37-30(48)39-31(4,5)6/h11-12,14-15,20-22,25,27,29,41,43,45,47,49H,13H2,1-10H3,(H2,36,46)(H,38,40)(H2,37,39,48)/t15-,20-,21+,22-,25?,27?,29-,33+,34+,35-/m1/s1. The lowest BCUT2D eigenvalue weighted by Gasteiger charge is -2.71. The Morgan fingerprint density at radius 1 is 1.00 bits per heavy atom. The highest BCUT2D eigenvalue weighted by Crippen LogP contribution is 2.72. The van der Waals surface area contributed by atoms with Gasteiger partial charge in [-0.1, -0.05) is 40.7 Å². The third-order valence-corrected chi connectivity index (χ3v) is 11.5. The van der Waals surface area contributed by atoms with Crippen molar-refractivity contribution in [1.82, 2.24) is 10.6 Å². The van der Waals surface area contributed by atoms with Crippen molar-refractivity contribution in [3.63, 3.8) is 0 Å². The summed E-state index contributed by atoms with van der Waals surface area (Å²) in [5.41, 5.74) is -2.58. The minimum Gasteiger partial charge on any atom is -0.505 e. The number of anilines is 1. The van der Waals surface area contributed by atoms with Gasteiger partial charge in [-0.2, -0.15) is 0 Å². The predicted octanol–water partition coefficient (Wildman–Crippen LogP) is 1.51. The summed E-state index contributed by atoms with van der Waals surface area (Å²) in [6.45, 7) is 16.0. The van der Waals surface area contributed by atoms with Crippen LogP contribution in [0.25, 0.3) is 0 Å². The molecule has 3 aliphatic rings. The molecule has 4 amide bonds. The number of nitrogens with two attached hydrogens (primary N) is 1. The Morgan fingerprint density at radius 2 is 1.57 bits per heavy atom. The zero-order valence-electron chi connectivity index (χ0n) is 29.8. The number of hydrogen-bond acceptors (Lipinski definition) is 10. The van der Waals surface area contributed by atoms with E-state index in [1.54, 1.807) is 48.5 Å². The molecule has 0 radical (unpaired) electrons. The number of primary amides is 1. The largest absolute Gasteiger partial charge is 0.505 e. The minimum absolute atomic E-state index is 0.106. The van der Waals surface area contributed by atoms with Crippen molar-refractivity contribution >= 4 is 35.1 Å². The fourth-order valence-corrected chi connectivity index (χ4v) is 9.54. The molecule has 272 valence electrons. The number of aromatic hydroxyl groups is 1. The second kappa shape index (κ2) is 12.0. The predicted molar refractivity (Wildman–Crippen MR) is 178 cm³/mol. The monoisotopic (exact) mass is 688 g/mol. The summed E-state index contributed by atoms with van der Waals surface area (Å²) in [5, 5.41) is 66.5. The Kier molecular flexibility index (Phi) is 9.38. The highest BCUT2D eigenvalue weighted by molar-refractivity contribution is 6.10. The summed E-state index contributed by atoms with van der Waals surface area (Å²) in [6.07, 6.45) is -6.33. The average Bonchev–Trinajstić information content (AvgIpc) is 2.91. The topological polar surface area (TPSA) is 249 Å². The molecule has 0 spiro atoms. The number of fused-ring (bicyclic) bond motifs is 3. The van der Waals surface area contributed by atoms with Crippen molar-refractivity contribution in [2.24, 2.45) is 45.7 Å². The molecule has 1 aromatic rings. The summed E-state index contributed by atoms with van der Waals surface area (Å²) in [6, 6.07) is 2.30. The first-order valence-corrected chi connectivity index (χ1v) is 16.6. The molecule has 0 heterocycles. The number of hydrogen-bond donors (Lipinski definition) is 9. The van der Waals surface area contributed by atoms with E-state index in [2.05, 4.69) is 16.0 Å². The smallest absolute Gasteiger partial charge is 0.319 e. The van der Waals surface area contributed by atoms with Crippen molar-refractivity contribution in [3.05, 3.63) is 23.3 Å². The van der Waals surface area contributed by atoms with Crippen molar-refractivity contribution in [2.75, 3.05) is 5.32 Å². The van der Waals surface area contributed by atoms with Gasteiger partial charge in [0.15, 0.2) is 11.6 Å². The SMILES string of the molecule is CC(C)[C@H]1C(O)[C@@H](C(N)=O)C(=O)[C@]2(CC(=O)NC(C)(C)O)C(O)[C@H]3C(=O)c4c(ccc(NC(=O)NC(C)(C)C)c4O)[C@@H](C)[C@]3(C)[C@@H](O)[C@]12C. The van der Waals surface area contributed by atoms with Crippen molar-refractivity contribution in [1.29, 1.82) is 0 Å². The van der Waals surface area contributed by atoms with Crippen LogP contribution in [0.15, 0.2) is 12.1 Å². The molecule has 2 fully saturated rings. The third kappa shape index (κ3) is 5.60. The zero-order valence-corrected chi connectivity index (χ0v) is 29.8. The van der Waals surface area contributed by atoms with Gasteiger partial charge in [0.1, 0.15) is 17.4 Å². The molecular formula is C35H52N4O10. The summed E-state index contributed by atoms with van der Waals surface area (Å²) in [5.74, 6) is -10.7.